The molecule has 0 bridgehead atoms. The van der Waals surface area contributed by atoms with Crippen molar-refractivity contribution in [2.75, 3.05) is 6.54 Å². The minimum Gasteiger partial charge on any atom is -0.340 e. The highest BCUT2D eigenvalue weighted by atomic mass is 32.1. The van der Waals surface area contributed by atoms with Crippen LogP contribution in [0.3, 0.4) is 0 Å². The molecule has 8 heteroatoms. The molecule has 3 heterocycles. The lowest BCUT2D eigenvalue weighted by atomic mass is 10.2. The number of rotatable bonds is 2. The van der Waals surface area contributed by atoms with Crippen molar-refractivity contribution in [1.29, 1.82) is 0 Å². The normalized spacial score (nSPS) is 19.4. The number of nitrogens with zero attached hydrogens (tertiary/aromatic N) is 5. The van der Waals surface area contributed by atoms with Gasteiger partial charge in [0.25, 0.3) is 5.91 Å². The first-order valence-corrected chi connectivity index (χ1v) is 6.47. The zero-order valence-electron chi connectivity index (χ0n) is 9.74. The Hall–Kier alpha value is -1.83. The number of hydrogen-bond donors (Lipinski definition) is 0. The molecule has 0 radical (unpaired) electrons. The third kappa shape index (κ3) is 1.88. The highest BCUT2D eigenvalue weighted by Gasteiger charge is 2.34. The van der Waals surface area contributed by atoms with Crippen molar-refractivity contribution in [3.8, 4) is 0 Å². The molecule has 94 valence electrons. The molecular formula is C10H11N5O2S. The maximum atomic E-state index is 12.2. The molecule has 0 N–H and O–H groups in total. The Morgan fingerprint density at radius 3 is 3.17 bits per heavy atom. The molecule has 2 aromatic rings. The summed E-state index contributed by atoms with van der Waals surface area (Å²) >= 11 is 1.17. The zero-order chi connectivity index (χ0) is 12.5. The van der Waals surface area contributed by atoms with Gasteiger partial charge in [0.05, 0.1) is 6.04 Å². The fourth-order valence-corrected chi connectivity index (χ4v) is 2.56. The molecular weight excluding hydrogens is 254 g/mol. The van der Waals surface area contributed by atoms with Gasteiger partial charge in [-0.1, -0.05) is 9.64 Å². The zero-order valence-corrected chi connectivity index (χ0v) is 10.6. The Morgan fingerprint density at radius 1 is 1.61 bits per heavy atom. The van der Waals surface area contributed by atoms with E-state index in [-0.39, 0.29) is 11.9 Å². The number of amides is 1. The summed E-state index contributed by atoms with van der Waals surface area (Å²) in [5.74, 6) is 0.967. The number of likely N-dealkylation sites (tertiary alicyclic amines) is 1. The van der Waals surface area contributed by atoms with Crippen molar-refractivity contribution in [3.63, 3.8) is 0 Å². The van der Waals surface area contributed by atoms with Crippen LogP contribution in [0.15, 0.2) is 9.90 Å². The summed E-state index contributed by atoms with van der Waals surface area (Å²) < 4.78 is 8.68. The second kappa shape index (κ2) is 4.45. The van der Waals surface area contributed by atoms with E-state index in [1.165, 1.54) is 11.5 Å². The van der Waals surface area contributed by atoms with Crippen LogP contribution in [-0.2, 0) is 0 Å². The summed E-state index contributed by atoms with van der Waals surface area (Å²) in [5.41, 5.74) is 0.382. The fourth-order valence-electron chi connectivity index (χ4n) is 2.13. The summed E-state index contributed by atoms with van der Waals surface area (Å²) in [4.78, 5) is 18.2. The van der Waals surface area contributed by atoms with Crippen molar-refractivity contribution in [3.05, 3.63) is 22.8 Å². The third-order valence-corrected chi connectivity index (χ3v) is 3.44. The van der Waals surface area contributed by atoms with E-state index in [2.05, 4.69) is 19.7 Å². The van der Waals surface area contributed by atoms with Gasteiger partial charge in [-0.15, -0.1) is 5.10 Å². The van der Waals surface area contributed by atoms with Gasteiger partial charge in [0.15, 0.2) is 11.5 Å². The Morgan fingerprint density at radius 2 is 2.50 bits per heavy atom. The molecule has 0 unspecified atom stereocenters. The van der Waals surface area contributed by atoms with Crippen LogP contribution in [0.2, 0.25) is 0 Å². The van der Waals surface area contributed by atoms with Crippen molar-refractivity contribution in [2.24, 2.45) is 0 Å². The molecule has 0 aromatic carbocycles. The number of carbonyl (C=O) groups excluding carboxylic acids is 1. The van der Waals surface area contributed by atoms with E-state index in [0.29, 0.717) is 24.0 Å². The van der Waals surface area contributed by atoms with Crippen LogP contribution in [0.4, 0.5) is 0 Å². The minimum absolute atomic E-state index is 0.114. The van der Waals surface area contributed by atoms with Crippen LogP contribution in [0, 0.1) is 6.92 Å². The second-order valence-electron chi connectivity index (χ2n) is 4.12. The molecule has 0 spiro atoms. The Kier molecular flexibility index (Phi) is 2.78. The largest absolute Gasteiger partial charge is 0.340 e. The fraction of sp³-hybridized carbons (Fsp3) is 0.500. The first kappa shape index (κ1) is 11.3. The van der Waals surface area contributed by atoms with Gasteiger partial charge in [-0.05, 0) is 24.4 Å². The van der Waals surface area contributed by atoms with Crippen molar-refractivity contribution < 1.29 is 9.32 Å². The lowest BCUT2D eigenvalue weighted by Gasteiger charge is -2.20. The summed E-state index contributed by atoms with van der Waals surface area (Å²) in [6.07, 6.45) is 1.78. The molecule has 0 aliphatic carbocycles. The van der Waals surface area contributed by atoms with Gasteiger partial charge in [-0.2, -0.15) is 4.98 Å². The van der Waals surface area contributed by atoms with Crippen LogP contribution in [0.1, 0.15) is 41.1 Å². The van der Waals surface area contributed by atoms with E-state index >= 15 is 0 Å². The summed E-state index contributed by atoms with van der Waals surface area (Å²) in [5, 5.41) is 9.36. The van der Waals surface area contributed by atoms with Crippen LogP contribution in [-0.4, -0.2) is 37.1 Å². The second-order valence-corrected chi connectivity index (χ2v) is 4.73. The quantitative estimate of drug-likeness (QED) is 0.811. The lowest BCUT2D eigenvalue weighted by Crippen LogP contribution is -2.31. The summed E-state index contributed by atoms with van der Waals surface area (Å²) in [6.45, 7) is 2.43. The van der Waals surface area contributed by atoms with Gasteiger partial charge in [-0.3, -0.25) is 4.79 Å². The maximum Gasteiger partial charge on any atom is 0.275 e. The standard InChI is InChI=1S/C10H11N5O2S/c1-6-11-9(13-17-6)8-3-2-4-15(8)10(16)7-5-18-14-12-7/h5,8H,2-4H2,1H3/t8-/m1/s1. The predicted molar refractivity (Wildman–Crippen MR) is 62.0 cm³/mol. The van der Waals surface area contributed by atoms with Gasteiger partial charge < -0.3 is 9.42 Å². The van der Waals surface area contributed by atoms with E-state index in [4.69, 9.17) is 4.52 Å². The Labute approximate surface area is 107 Å². The maximum absolute atomic E-state index is 12.2. The molecule has 3 rings (SSSR count). The molecule has 1 fully saturated rings. The van der Waals surface area contributed by atoms with E-state index in [1.54, 1.807) is 17.2 Å². The first-order valence-electron chi connectivity index (χ1n) is 5.64. The highest BCUT2D eigenvalue weighted by molar-refractivity contribution is 7.03. The van der Waals surface area contributed by atoms with Crippen molar-refractivity contribution in [2.45, 2.75) is 25.8 Å². The van der Waals surface area contributed by atoms with Crippen LogP contribution in [0.5, 0.6) is 0 Å². The molecule has 2 aromatic heterocycles. The lowest BCUT2D eigenvalue weighted by molar-refractivity contribution is 0.0722. The first-order chi connectivity index (χ1) is 8.75. The number of aryl methyl sites for hydroxylation is 1. The van der Waals surface area contributed by atoms with Gasteiger partial charge in [0.2, 0.25) is 5.89 Å². The molecule has 1 aliphatic rings. The van der Waals surface area contributed by atoms with E-state index < -0.39 is 0 Å². The van der Waals surface area contributed by atoms with Gasteiger partial charge in [0.1, 0.15) is 0 Å². The number of hydrogen-bond acceptors (Lipinski definition) is 7. The number of aromatic nitrogens is 4. The third-order valence-electron chi connectivity index (χ3n) is 2.93. The smallest absolute Gasteiger partial charge is 0.275 e. The average molecular weight is 265 g/mol. The van der Waals surface area contributed by atoms with Gasteiger partial charge >= 0.3 is 0 Å². The van der Waals surface area contributed by atoms with Crippen LogP contribution in [0.25, 0.3) is 0 Å². The SMILES string of the molecule is Cc1nc([C@H]2CCCN2C(=O)c2csnn2)no1. The predicted octanol–water partition coefficient (Wildman–Crippen LogP) is 1.21. The van der Waals surface area contributed by atoms with E-state index in [9.17, 15) is 4.79 Å². The van der Waals surface area contributed by atoms with Crippen molar-refractivity contribution >= 4 is 17.4 Å². The summed E-state index contributed by atoms with van der Waals surface area (Å²) in [7, 11) is 0. The summed E-state index contributed by atoms with van der Waals surface area (Å²) in [6, 6.07) is -0.114. The minimum atomic E-state index is -0.117. The topological polar surface area (TPSA) is 85.0 Å². The molecule has 0 saturated carbocycles. The van der Waals surface area contributed by atoms with E-state index in [0.717, 1.165) is 12.8 Å². The molecule has 18 heavy (non-hydrogen) atoms. The Bertz CT molecular complexity index is 552. The molecule has 1 amide bonds. The average Bonchev–Trinajstić information content (AvgIpc) is 3.09. The Balaban J connectivity index is 1.85. The molecule has 1 atom stereocenters. The van der Waals surface area contributed by atoms with Crippen molar-refractivity contribution in [1.82, 2.24) is 24.6 Å². The highest BCUT2D eigenvalue weighted by Crippen LogP contribution is 2.31. The number of carbonyl (C=O) groups is 1. The van der Waals surface area contributed by atoms with Crippen LogP contribution >= 0.6 is 11.5 Å². The molecule has 7 nitrogen and oxygen atoms in total. The van der Waals surface area contributed by atoms with Gasteiger partial charge in [0, 0.05) is 18.8 Å². The molecule has 1 saturated heterocycles. The van der Waals surface area contributed by atoms with Gasteiger partial charge in [-0.25, -0.2) is 0 Å². The monoisotopic (exact) mass is 265 g/mol. The van der Waals surface area contributed by atoms with E-state index in [1.807, 2.05) is 0 Å². The molecule has 1 aliphatic heterocycles. The van der Waals surface area contributed by atoms with Crippen LogP contribution < -0.4 is 0 Å².